The van der Waals surface area contributed by atoms with E-state index in [0.29, 0.717) is 0 Å². The molecule has 7 heavy (non-hydrogen) atoms. The molecule has 0 radical (unpaired) electrons. The van der Waals surface area contributed by atoms with Gasteiger partial charge in [-0.2, -0.15) is 8.42 Å². The van der Waals surface area contributed by atoms with Gasteiger partial charge in [0.25, 0.3) is 10.1 Å². The van der Waals surface area contributed by atoms with Crippen LogP contribution >= 0.6 is 0 Å². The van der Waals surface area contributed by atoms with Gasteiger partial charge in [-0.05, 0) is 0 Å². The summed E-state index contributed by atoms with van der Waals surface area (Å²) in [6.07, 6.45) is 0. The third-order valence-corrected chi connectivity index (χ3v) is 0.632. The average Bonchev–Trinajstić information content (AvgIpc) is 1.35. The Balaban J connectivity index is 0. The first kappa shape index (κ1) is 10.8. The number of rotatable bonds is 1. The van der Waals surface area contributed by atoms with Crippen LogP contribution in [0.4, 0.5) is 0 Å². The molecule has 0 aromatic carbocycles. The molecule has 0 aromatic heterocycles. The molecule has 6 heteroatoms. The van der Waals surface area contributed by atoms with E-state index in [1.165, 1.54) is 0 Å². The standard InChI is InChI=1S/CH5NO3S.Na/c2-1-6(3,4)5;/h1-2H2,(H,3,4,5);/q;+1. The predicted molar refractivity (Wildman–Crippen MR) is 20.6 cm³/mol. The molecule has 0 aliphatic carbocycles. The maximum absolute atomic E-state index is 9.43. The van der Waals surface area contributed by atoms with Crippen molar-refractivity contribution >= 4 is 10.1 Å². The van der Waals surface area contributed by atoms with Gasteiger partial charge in [-0.15, -0.1) is 0 Å². The van der Waals surface area contributed by atoms with Crippen LogP contribution in [-0.4, -0.2) is 18.8 Å². The van der Waals surface area contributed by atoms with Crippen molar-refractivity contribution in [1.29, 1.82) is 0 Å². The summed E-state index contributed by atoms with van der Waals surface area (Å²) < 4.78 is 26.5. The zero-order valence-electron chi connectivity index (χ0n) is 3.96. The van der Waals surface area contributed by atoms with E-state index >= 15 is 0 Å². The van der Waals surface area contributed by atoms with E-state index in [2.05, 4.69) is 5.73 Å². The van der Waals surface area contributed by atoms with Crippen LogP contribution in [0.1, 0.15) is 0 Å². The van der Waals surface area contributed by atoms with E-state index in [9.17, 15) is 8.42 Å². The molecule has 0 aliphatic rings. The fraction of sp³-hybridized carbons (Fsp3) is 1.00. The summed E-state index contributed by atoms with van der Waals surface area (Å²) in [6, 6.07) is 0. The molecule has 0 saturated carbocycles. The summed E-state index contributed by atoms with van der Waals surface area (Å²) in [5.74, 6) is -0.701. The second kappa shape index (κ2) is 3.82. The third kappa shape index (κ3) is 10.9. The van der Waals surface area contributed by atoms with Crippen LogP contribution < -0.4 is 35.3 Å². The molecular formula is CH5NNaO3S+. The molecule has 4 nitrogen and oxygen atoms in total. The first-order chi connectivity index (χ1) is 2.56. The summed E-state index contributed by atoms with van der Waals surface area (Å²) in [6.45, 7) is 0. The zero-order chi connectivity index (χ0) is 5.21. The van der Waals surface area contributed by atoms with E-state index < -0.39 is 16.0 Å². The molecule has 38 valence electrons. The SMILES string of the molecule is NCS(=O)(=O)O.[Na+]. The quantitative estimate of drug-likeness (QED) is 0.281. The normalized spacial score (nSPS) is 10.0. The summed E-state index contributed by atoms with van der Waals surface area (Å²) >= 11 is 0. The molecule has 0 rings (SSSR count). The Labute approximate surface area is 64.1 Å². The van der Waals surface area contributed by atoms with Crippen LogP contribution in [0.2, 0.25) is 0 Å². The van der Waals surface area contributed by atoms with Crippen LogP contribution in [0.15, 0.2) is 0 Å². The minimum atomic E-state index is -3.88. The van der Waals surface area contributed by atoms with E-state index in [1.54, 1.807) is 0 Å². The van der Waals surface area contributed by atoms with E-state index in [4.69, 9.17) is 4.55 Å². The second-order valence-corrected chi connectivity index (χ2v) is 2.25. The first-order valence-electron chi connectivity index (χ1n) is 1.21. The Bertz CT molecular complexity index is 117. The Morgan fingerprint density at radius 3 is 1.71 bits per heavy atom. The van der Waals surface area contributed by atoms with Crippen LogP contribution in [-0.2, 0) is 10.1 Å². The maximum Gasteiger partial charge on any atom is 1.00 e. The van der Waals surface area contributed by atoms with Gasteiger partial charge in [-0.3, -0.25) is 4.55 Å². The van der Waals surface area contributed by atoms with Gasteiger partial charge in [-0.1, -0.05) is 0 Å². The van der Waals surface area contributed by atoms with Gasteiger partial charge in [0, 0.05) is 0 Å². The Morgan fingerprint density at radius 2 is 1.71 bits per heavy atom. The van der Waals surface area contributed by atoms with Gasteiger partial charge in [0.05, 0.1) is 0 Å². The molecule has 0 atom stereocenters. The monoisotopic (exact) mass is 134 g/mol. The van der Waals surface area contributed by atoms with E-state index in [0.717, 1.165) is 0 Å². The smallest absolute Gasteiger partial charge is 0.316 e. The van der Waals surface area contributed by atoms with Crippen LogP contribution in [0, 0.1) is 0 Å². The van der Waals surface area contributed by atoms with Gasteiger partial charge in [0.1, 0.15) is 5.88 Å². The van der Waals surface area contributed by atoms with Crippen molar-refractivity contribution in [3.05, 3.63) is 0 Å². The summed E-state index contributed by atoms with van der Waals surface area (Å²) in [5, 5.41) is 0. The molecular weight excluding hydrogens is 129 g/mol. The zero-order valence-corrected chi connectivity index (χ0v) is 6.77. The van der Waals surface area contributed by atoms with Crippen molar-refractivity contribution in [2.45, 2.75) is 0 Å². The Hall–Kier alpha value is 0.870. The fourth-order valence-corrected chi connectivity index (χ4v) is 0. The molecule has 0 unspecified atom stereocenters. The molecule has 0 spiro atoms. The van der Waals surface area contributed by atoms with Crippen molar-refractivity contribution < 1.29 is 42.5 Å². The van der Waals surface area contributed by atoms with E-state index in [-0.39, 0.29) is 29.6 Å². The predicted octanol–water partition coefficient (Wildman–Crippen LogP) is -4.21. The molecule has 0 aromatic rings. The van der Waals surface area contributed by atoms with Crippen molar-refractivity contribution in [1.82, 2.24) is 0 Å². The minimum Gasteiger partial charge on any atom is -0.316 e. The molecule has 3 N–H and O–H groups in total. The van der Waals surface area contributed by atoms with E-state index in [1.807, 2.05) is 0 Å². The summed E-state index contributed by atoms with van der Waals surface area (Å²) in [5.41, 5.74) is 4.47. The molecule has 0 amide bonds. The van der Waals surface area contributed by atoms with Crippen molar-refractivity contribution in [3.63, 3.8) is 0 Å². The molecule has 0 fully saturated rings. The third-order valence-electron chi connectivity index (χ3n) is 0.211. The van der Waals surface area contributed by atoms with Crippen LogP contribution in [0.3, 0.4) is 0 Å². The van der Waals surface area contributed by atoms with Gasteiger partial charge in [0.15, 0.2) is 0 Å². The molecule has 0 saturated heterocycles. The molecule has 0 bridgehead atoms. The minimum absolute atomic E-state index is 0. The van der Waals surface area contributed by atoms with Gasteiger partial charge < -0.3 is 5.73 Å². The van der Waals surface area contributed by atoms with Gasteiger partial charge in [0.2, 0.25) is 0 Å². The summed E-state index contributed by atoms with van der Waals surface area (Å²) in [4.78, 5) is 0. The number of hydrogen-bond acceptors (Lipinski definition) is 3. The molecule has 0 heterocycles. The van der Waals surface area contributed by atoms with Crippen molar-refractivity contribution in [2.75, 3.05) is 5.88 Å². The Morgan fingerprint density at radius 1 is 1.57 bits per heavy atom. The molecule has 0 aliphatic heterocycles. The maximum atomic E-state index is 9.43. The fourth-order valence-electron chi connectivity index (χ4n) is 0. The van der Waals surface area contributed by atoms with Crippen LogP contribution in [0.25, 0.3) is 0 Å². The number of hydrogen-bond donors (Lipinski definition) is 2. The topological polar surface area (TPSA) is 80.4 Å². The average molecular weight is 134 g/mol. The van der Waals surface area contributed by atoms with Crippen molar-refractivity contribution in [3.8, 4) is 0 Å². The van der Waals surface area contributed by atoms with Gasteiger partial charge in [-0.25, -0.2) is 0 Å². The summed E-state index contributed by atoms with van der Waals surface area (Å²) in [7, 11) is -3.88. The van der Waals surface area contributed by atoms with Gasteiger partial charge >= 0.3 is 29.6 Å². The second-order valence-electron chi connectivity index (χ2n) is 0.749. The number of nitrogens with two attached hydrogens (primary N) is 1. The first-order valence-corrected chi connectivity index (χ1v) is 2.82. The van der Waals surface area contributed by atoms with Crippen molar-refractivity contribution in [2.24, 2.45) is 5.73 Å². The van der Waals surface area contributed by atoms with Crippen LogP contribution in [0.5, 0.6) is 0 Å². The largest absolute Gasteiger partial charge is 1.00 e. The Kier molecular flexibility index (Phi) is 5.89.